The molecule has 0 atom stereocenters. The van der Waals surface area contributed by atoms with E-state index >= 15 is 0 Å². The van der Waals surface area contributed by atoms with E-state index in [-0.39, 0.29) is 17.3 Å². The summed E-state index contributed by atoms with van der Waals surface area (Å²) < 4.78 is 5.60. The fourth-order valence-electron chi connectivity index (χ4n) is 1.78. The van der Waals surface area contributed by atoms with Crippen LogP contribution in [0.5, 0.6) is 11.6 Å². The highest BCUT2D eigenvalue weighted by atomic mass is 16.6. The Bertz CT molecular complexity index is 651. The molecule has 0 aliphatic rings. The van der Waals surface area contributed by atoms with Gasteiger partial charge in [0.2, 0.25) is 11.6 Å². The Kier molecular flexibility index (Phi) is 4.32. The van der Waals surface area contributed by atoms with Crippen molar-refractivity contribution in [1.82, 2.24) is 9.97 Å². The lowest BCUT2D eigenvalue weighted by Crippen LogP contribution is -2.02. The first-order chi connectivity index (χ1) is 10.0. The highest BCUT2D eigenvalue weighted by Crippen LogP contribution is 2.32. The van der Waals surface area contributed by atoms with Crippen LogP contribution in [0.25, 0.3) is 0 Å². The van der Waals surface area contributed by atoms with Gasteiger partial charge in [-0.2, -0.15) is 4.98 Å². The van der Waals surface area contributed by atoms with Crippen LogP contribution in [0.15, 0.2) is 24.3 Å². The zero-order chi connectivity index (χ0) is 15.4. The van der Waals surface area contributed by atoms with E-state index < -0.39 is 4.92 Å². The van der Waals surface area contributed by atoms with Gasteiger partial charge in [0.05, 0.1) is 4.92 Å². The monoisotopic (exact) mass is 288 g/mol. The molecule has 1 N–H and O–H groups in total. The zero-order valence-electron chi connectivity index (χ0n) is 12.1. The van der Waals surface area contributed by atoms with Crippen LogP contribution in [0.2, 0.25) is 0 Å². The number of aromatic nitrogens is 2. The van der Waals surface area contributed by atoms with E-state index in [4.69, 9.17) is 4.74 Å². The number of nitrogens with one attached hydrogen (secondary N) is 1. The predicted octanol–water partition coefficient (Wildman–Crippen LogP) is 3.09. The molecule has 0 amide bonds. The molecule has 0 saturated carbocycles. The van der Waals surface area contributed by atoms with Gasteiger partial charge in [-0.3, -0.25) is 10.1 Å². The second-order valence-electron chi connectivity index (χ2n) is 4.44. The van der Waals surface area contributed by atoms with Crippen molar-refractivity contribution in [2.24, 2.45) is 0 Å². The molecule has 110 valence electrons. The summed E-state index contributed by atoms with van der Waals surface area (Å²) in [7, 11) is 1.74. The first kappa shape index (κ1) is 14.7. The number of nitro benzene ring substituents is 1. The van der Waals surface area contributed by atoms with Crippen LogP contribution in [-0.2, 0) is 6.42 Å². The van der Waals surface area contributed by atoms with Gasteiger partial charge in [0.15, 0.2) is 0 Å². The number of aryl methyl sites for hydroxylation is 2. The average Bonchev–Trinajstić information content (AvgIpc) is 2.46. The fourth-order valence-corrected chi connectivity index (χ4v) is 1.78. The van der Waals surface area contributed by atoms with Gasteiger partial charge < -0.3 is 10.1 Å². The Morgan fingerprint density at radius 1 is 1.33 bits per heavy atom. The zero-order valence-corrected chi connectivity index (χ0v) is 12.1. The summed E-state index contributed by atoms with van der Waals surface area (Å²) in [5, 5.41) is 14.0. The number of ether oxygens (including phenoxy) is 1. The molecule has 7 nitrogen and oxygen atoms in total. The maximum atomic E-state index is 11.0. The minimum atomic E-state index is -0.477. The Morgan fingerprint density at radius 3 is 2.71 bits per heavy atom. The third kappa shape index (κ3) is 3.44. The number of rotatable bonds is 5. The molecule has 0 unspecified atom stereocenters. The molecule has 2 aromatic rings. The van der Waals surface area contributed by atoms with Crippen molar-refractivity contribution in [1.29, 1.82) is 0 Å². The summed E-state index contributed by atoms with van der Waals surface area (Å²) in [5.41, 5.74) is 0.775. The summed E-state index contributed by atoms with van der Waals surface area (Å²) in [6.07, 6.45) is 0.641. The molecule has 1 heterocycles. The summed E-state index contributed by atoms with van der Waals surface area (Å²) >= 11 is 0. The van der Waals surface area contributed by atoms with Crippen molar-refractivity contribution in [2.45, 2.75) is 20.3 Å². The fraction of sp³-hybridized carbons (Fsp3) is 0.286. The quantitative estimate of drug-likeness (QED) is 0.671. The van der Waals surface area contributed by atoms with Crippen molar-refractivity contribution in [3.05, 3.63) is 45.8 Å². The Morgan fingerprint density at radius 2 is 2.10 bits per heavy atom. The van der Waals surface area contributed by atoms with Crippen molar-refractivity contribution in [3.8, 4) is 11.6 Å². The minimum Gasteiger partial charge on any atom is -0.432 e. The number of anilines is 1. The average molecular weight is 288 g/mol. The van der Waals surface area contributed by atoms with Gasteiger partial charge in [0.1, 0.15) is 11.6 Å². The van der Waals surface area contributed by atoms with Crippen LogP contribution in [0.4, 0.5) is 11.5 Å². The van der Waals surface area contributed by atoms with Crippen molar-refractivity contribution < 1.29 is 9.66 Å². The number of nitro groups is 1. The number of benzene rings is 1. The lowest BCUT2D eigenvalue weighted by molar-refractivity contribution is -0.385. The van der Waals surface area contributed by atoms with E-state index in [0.29, 0.717) is 18.1 Å². The molecule has 0 fully saturated rings. The van der Waals surface area contributed by atoms with Gasteiger partial charge in [-0.25, -0.2) is 4.98 Å². The molecule has 2 rings (SSSR count). The standard InChI is InChI=1S/C14H16N4O3/c1-4-12-16-13(15-3)8-14(17-12)21-11-7-9(2)5-6-10(11)18(19)20/h5-8H,4H2,1-3H3,(H,15,16,17). The molecule has 7 heteroatoms. The first-order valence-electron chi connectivity index (χ1n) is 6.52. The number of hydrogen-bond acceptors (Lipinski definition) is 6. The van der Waals surface area contributed by atoms with Gasteiger partial charge >= 0.3 is 5.69 Å². The van der Waals surface area contributed by atoms with Crippen LogP contribution < -0.4 is 10.1 Å². The molecule has 1 aromatic carbocycles. The van der Waals surface area contributed by atoms with Crippen LogP contribution in [-0.4, -0.2) is 21.9 Å². The topological polar surface area (TPSA) is 90.2 Å². The maximum absolute atomic E-state index is 11.0. The Hall–Kier alpha value is -2.70. The Labute approximate surface area is 122 Å². The molecule has 0 spiro atoms. The molecular formula is C14H16N4O3. The molecule has 0 aliphatic carbocycles. The second kappa shape index (κ2) is 6.17. The largest absolute Gasteiger partial charge is 0.432 e. The first-order valence-corrected chi connectivity index (χ1v) is 6.52. The second-order valence-corrected chi connectivity index (χ2v) is 4.44. The van der Waals surface area contributed by atoms with E-state index in [0.717, 1.165) is 5.56 Å². The van der Waals surface area contributed by atoms with E-state index in [2.05, 4.69) is 15.3 Å². The normalized spacial score (nSPS) is 10.2. The van der Waals surface area contributed by atoms with Crippen LogP contribution in [0.3, 0.4) is 0 Å². The summed E-state index contributed by atoms with van der Waals surface area (Å²) in [6.45, 7) is 3.76. The van der Waals surface area contributed by atoms with Crippen molar-refractivity contribution >= 4 is 11.5 Å². The third-order valence-corrected chi connectivity index (χ3v) is 2.85. The molecule has 0 saturated heterocycles. The lowest BCUT2D eigenvalue weighted by Gasteiger charge is -2.09. The SMILES string of the molecule is CCc1nc(NC)cc(Oc2cc(C)ccc2[N+](=O)[O-])n1. The summed E-state index contributed by atoms with van der Waals surface area (Å²) in [5.74, 6) is 1.65. The molecule has 0 aliphatic heterocycles. The molecule has 1 aromatic heterocycles. The predicted molar refractivity (Wildman–Crippen MR) is 78.9 cm³/mol. The van der Waals surface area contributed by atoms with Gasteiger partial charge in [0.25, 0.3) is 0 Å². The smallest absolute Gasteiger partial charge is 0.311 e. The Balaban J connectivity index is 2.42. The third-order valence-electron chi connectivity index (χ3n) is 2.85. The highest BCUT2D eigenvalue weighted by Gasteiger charge is 2.17. The lowest BCUT2D eigenvalue weighted by atomic mass is 10.2. The molecule has 0 radical (unpaired) electrons. The number of hydrogen-bond donors (Lipinski definition) is 1. The van der Waals surface area contributed by atoms with Gasteiger partial charge in [0, 0.05) is 25.6 Å². The number of nitrogens with zero attached hydrogens (tertiary/aromatic N) is 3. The van der Waals surface area contributed by atoms with Crippen LogP contribution >= 0.6 is 0 Å². The maximum Gasteiger partial charge on any atom is 0.311 e. The van der Waals surface area contributed by atoms with E-state index in [1.807, 2.05) is 13.8 Å². The van der Waals surface area contributed by atoms with Crippen molar-refractivity contribution in [2.75, 3.05) is 12.4 Å². The van der Waals surface area contributed by atoms with Gasteiger partial charge in [-0.05, 0) is 18.6 Å². The van der Waals surface area contributed by atoms with Crippen LogP contribution in [0.1, 0.15) is 18.3 Å². The van der Waals surface area contributed by atoms with Gasteiger partial charge in [-0.15, -0.1) is 0 Å². The summed E-state index contributed by atoms with van der Waals surface area (Å²) in [6, 6.07) is 6.31. The minimum absolute atomic E-state index is 0.0942. The van der Waals surface area contributed by atoms with E-state index in [1.54, 1.807) is 25.2 Å². The van der Waals surface area contributed by atoms with E-state index in [1.165, 1.54) is 6.07 Å². The van der Waals surface area contributed by atoms with Crippen molar-refractivity contribution in [3.63, 3.8) is 0 Å². The molecule has 21 heavy (non-hydrogen) atoms. The summed E-state index contributed by atoms with van der Waals surface area (Å²) in [4.78, 5) is 19.1. The van der Waals surface area contributed by atoms with E-state index in [9.17, 15) is 10.1 Å². The van der Waals surface area contributed by atoms with Crippen LogP contribution in [0, 0.1) is 17.0 Å². The highest BCUT2D eigenvalue weighted by molar-refractivity contribution is 5.50. The molecular weight excluding hydrogens is 272 g/mol. The van der Waals surface area contributed by atoms with Gasteiger partial charge in [-0.1, -0.05) is 13.0 Å². The molecule has 0 bridgehead atoms.